The monoisotopic (exact) mass is 342 g/mol. The molecule has 24 heavy (non-hydrogen) atoms. The van der Waals surface area contributed by atoms with E-state index in [-0.39, 0.29) is 6.03 Å². The molecule has 1 heterocycles. The summed E-state index contributed by atoms with van der Waals surface area (Å²) >= 11 is 0. The van der Waals surface area contributed by atoms with Crippen molar-refractivity contribution >= 4 is 18.1 Å². The molecule has 0 bridgehead atoms. The van der Waals surface area contributed by atoms with Crippen LogP contribution < -0.4 is 21.3 Å². The highest BCUT2D eigenvalue weighted by Crippen LogP contribution is 2.16. The predicted octanol–water partition coefficient (Wildman–Crippen LogP) is 0.831. The second kappa shape index (κ2) is 6.74. The number of hydrogen-bond acceptors (Lipinski definition) is 3. The highest BCUT2D eigenvalue weighted by molar-refractivity contribution is 5.82. The molecule has 9 heteroatoms. The molecule has 0 radical (unpaired) electrons. The van der Waals surface area contributed by atoms with Crippen LogP contribution in [-0.4, -0.2) is 65.4 Å². The van der Waals surface area contributed by atoms with Crippen molar-refractivity contribution in [3.8, 4) is 0 Å². The zero-order valence-corrected chi connectivity index (χ0v) is 15.8. The maximum Gasteiger partial charge on any atom is 0.323 e. The molecule has 2 unspecified atom stereocenters. The Bertz CT molecular complexity index is 464. The summed E-state index contributed by atoms with van der Waals surface area (Å²) in [5.41, 5.74) is -0.826. The molecule has 0 aromatic heterocycles. The number of nitrogens with one attached hydrogen (secondary N) is 4. The number of rotatable bonds is 2. The van der Waals surface area contributed by atoms with Crippen molar-refractivity contribution in [2.75, 3.05) is 14.1 Å². The van der Waals surface area contributed by atoms with E-state index in [1.807, 2.05) is 41.5 Å². The standard InChI is InChI=1S/C15H30N6O3/c1-14(2,3)18-11(22)16-9-10(21(8)13(24)20(9)7)17-12(23)19-15(4,5)6/h9-10H,1-8H3,(H2,16,18,22)(H2,17,19,23). The van der Waals surface area contributed by atoms with E-state index in [1.165, 1.54) is 9.80 Å². The number of likely N-dealkylation sites (N-methyl/N-ethyl adjacent to an activating group) is 2. The molecule has 0 aliphatic carbocycles. The molecular formula is C15H30N6O3. The summed E-state index contributed by atoms with van der Waals surface area (Å²) < 4.78 is 0. The van der Waals surface area contributed by atoms with Gasteiger partial charge in [-0.3, -0.25) is 0 Å². The minimum atomic E-state index is -0.685. The summed E-state index contributed by atoms with van der Waals surface area (Å²) in [7, 11) is 3.15. The molecule has 6 amide bonds. The molecule has 1 aliphatic rings. The van der Waals surface area contributed by atoms with Gasteiger partial charge in [-0.1, -0.05) is 0 Å². The fraction of sp³-hybridized carbons (Fsp3) is 0.800. The van der Waals surface area contributed by atoms with Gasteiger partial charge in [0.15, 0.2) is 0 Å². The number of amides is 6. The van der Waals surface area contributed by atoms with Crippen LogP contribution in [0.25, 0.3) is 0 Å². The number of hydrogen-bond donors (Lipinski definition) is 4. The lowest BCUT2D eigenvalue weighted by molar-refractivity contribution is 0.186. The Morgan fingerprint density at radius 3 is 1.33 bits per heavy atom. The van der Waals surface area contributed by atoms with Crippen LogP contribution in [-0.2, 0) is 0 Å². The van der Waals surface area contributed by atoms with Crippen LogP contribution in [0.1, 0.15) is 41.5 Å². The summed E-state index contributed by atoms with van der Waals surface area (Å²) in [5.74, 6) is 0. The summed E-state index contributed by atoms with van der Waals surface area (Å²) in [5, 5.41) is 11.0. The van der Waals surface area contributed by atoms with E-state index in [4.69, 9.17) is 0 Å². The predicted molar refractivity (Wildman–Crippen MR) is 91.3 cm³/mol. The van der Waals surface area contributed by atoms with Crippen molar-refractivity contribution in [2.24, 2.45) is 0 Å². The van der Waals surface area contributed by atoms with Crippen LogP contribution in [0.4, 0.5) is 14.4 Å². The average molecular weight is 342 g/mol. The third-order valence-corrected chi connectivity index (χ3v) is 3.27. The molecule has 0 saturated carbocycles. The van der Waals surface area contributed by atoms with E-state index in [0.717, 1.165) is 0 Å². The molecule has 1 aliphatic heterocycles. The van der Waals surface area contributed by atoms with Gasteiger partial charge < -0.3 is 31.1 Å². The molecule has 1 fully saturated rings. The first-order valence-corrected chi connectivity index (χ1v) is 7.88. The number of carbonyl (C=O) groups is 3. The van der Waals surface area contributed by atoms with Crippen molar-refractivity contribution in [3.05, 3.63) is 0 Å². The lowest BCUT2D eigenvalue weighted by Crippen LogP contribution is -2.61. The van der Waals surface area contributed by atoms with Crippen molar-refractivity contribution in [3.63, 3.8) is 0 Å². The largest absolute Gasteiger partial charge is 0.334 e. The third-order valence-electron chi connectivity index (χ3n) is 3.27. The minimum absolute atomic E-state index is 0.294. The second-order valence-corrected chi connectivity index (χ2v) is 8.09. The topological polar surface area (TPSA) is 106 Å². The Balaban J connectivity index is 2.84. The van der Waals surface area contributed by atoms with E-state index in [0.29, 0.717) is 0 Å². The van der Waals surface area contributed by atoms with Gasteiger partial charge in [0.25, 0.3) is 0 Å². The van der Waals surface area contributed by atoms with Crippen LogP contribution in [0.15, 0.2) is 0 Å². The summed E-state index contributed by atoms with van der Waals surface area (Å²) in [4.78, 5) is 39.2. The minimum Gasteiger partial charge on any atom is -0.334 e. The van der Waals surface area contributed by atoms with Crippen molar-refractivity contribution < 1.29 is 14.4 Å². The van der Waals surface area contributed by atoms with Crippen molar-refractivity contribution in [2.45, 2.75) is 65.0 Å². The average Bonchev–Trinajstić information content (AvgIpc) is 2.52. The smallest absolute Gasteiger partial charge is 0.323 e. The molecule has 0 spiro atoms. The number of urea groups is 3. The van der Waals surface area contributed by atoms with E-state index in [9.17, 15) is 14.4 Å². The first-order chi connectivity index (χ1) is 10.7. The maximum atomic E-state index is 12.2. The molecular weight excluding hydrogens is 312 g/mol. The summed E-state index contributed by atoms with van der Waals surface area (Å²) in [6.07, 6.45) is -1.37. The lowest BCUT2D eigenvalue weighted by Gasteiger charge is -2.30. The Labute approximate surface area is 143 Å². The molecule has 1 saturated heterocycles. The highest BCUT2D eigenvalue weighted by atomic mass is 16.2. The quantitative estimate of drug-likeness (QED) is 0.597. The van der Waals surface area contributed by atoms with E-state index in [1.54, 1.807) is 14.1 Å². The van der Waals surface area contributed by atoms with Gasteiger partial charge in [0, 0.05) is 25.2 Å². The second-order valence-electron chi connectivity index (χ2n) is 8.09. The van der Waals surface area contributed by atoms with E-state index >= 15 is 0 Å². The molecule has 138 valence electrons. The molecule has 4 N–H and O–H groups in total. The summed E-state index contributed by atoms with van der Waals surface area (Å²) in [6, 6.07) is -1.12. The van der Waals surface area contributed by atoms with Crippen molar-refractivity contribution in [1.29, 1.82) is 0 Å². The number of nitrogens with zero attached hydrogens (tertiary/aromatic N) is 2. The Morgan fingerprint density at radius 2 is 1.08 bits per heavy atom. The first-order valence-electron chi connectivity index (χ1n) is 7.88. The van der Waals surface area contributed by atoms with Gasteiger partial charge in [-0.2, -0.15) is 0 Å². The zero-order chi connectivity index (χ0) is 18.9. The number of carbonyl (C=O) groups excluding carboxylic acids is 3. The normalized spacial score (nSPS) is 21.6. The van der Waals surface area contributed by atoms with Crippen molar-refractivity contribution in [1.82, 2.24) is 31.1 Å². The SMILES string of the molecule is CN1C(=O)N(C)C(NC(=O)NC(C)(C)C)C1NC(=O)NC(C)(C)C. The lowest BCUT2D eigenvalue weighted by atomic mass is 10.1. The van der Waals surface area contributed by atoms with Gasteiger partial charge in [-0.05, 0) is 41.5 Å². The van der Waals surface area contributed by atoms with Gasteiger partial charge in [0.1, 0.15) is 12.3 Å². The van der Waals surface area contributed by atoms with Gasteiger partial charge in [0.05, 0.1) is 0 Å². The molecule has 0 aromatic carbocycles. The van der Waals surface area contributed by atoms with Crippen LogP contribution in [0.5, 0.6) is 0 Å². The Morgan fingerprint density at radius 1 is 0.792 bits per heavy atom. The maximum absolute atomic E-state index is 12.2. The van der Waals surface area contributed by atoms with Crippen LogP contribution >= 0.6 is 0 Å². The van der Waals surface area contributed by atoms with Gasteiger partial charge in [0.2, 0.25) is 0 Å². The third kappa shape index (κ3) is 5.47. The van der Waals surface area contributed by atoms with E-state index < -0.39 is 35.5 Å². The van der Waals surface area contributed by atoms with Crippen LogP contribution in [0.3, 0.4) is 0 Å². The first kappa shape index (κ1) is 19.9. The van der Waals surface area contributed by atoms with Crippen LogP contribution in [0, 0.1) is 0 Å². The summed E-state index contributed by atoms with van der Waals surface area (Å²) in [6.45, 7) is 11.1. The van der Waals surface area contributed by atoms with Gasteiger partial charge >= 0.3 is 18.1 Å². The Hall–Kier alpha value is -2.19. The Kier molecular flexibility index (Phi) is 5.58. The highest BCUT2D eigenvalue weighted by Gasteiger charge is 2.44. The molecule has 2 atom stereocenters. The molecule has 9 nitrogen and oxygen atoms in total. The fourth-order valence-electron chi connectivity index (χ4n) is 2.28. The molecule has 1 rings (SSSR count). The molecule has 0 aromatic rings. The zero-order valence-electron chi connectivity index (χ0n) is 15.8. The van der Waals surface area contributed by atoms with Crippen LogP contribution in [0.2, 0.25) is 0 Å². The van der Waals surface area contributed by atoms with E-state index in [2.05, 4.69) is 21.3 Å². The fourth-order valence-corrected chi connectivity index (χ4v) is 2.28. The van der Waals surface area contributed by atoms with Gasteiger partial charge in [-0.25, -0.2) is 14.4 Å². The van der Waals surface area contributed by atoms with Gasteiger partial charge in [-0.15, -0.1) is 0 Å².